The molecule has 0 aliphatic carbocycles. The maximum absolute atomic E-state index is 12.7. The third kappa shape index (κ3) is 2.78. The van der Waals surface area contributed by atoms with Gasteiger partial charge in [-0.05, 0) is 53.5 Å². The largest absolute Gasteiger partial charge is 0.348 e. The van der Waals surface area contributed by atoms with Crippen LogP contribution < -0.4 is 5.32 Å². The molecule has 3 heterocycles. The number of fused-ring (bicyclic) bond motifs is 1. The van der Waals surface area contributed by atoms with Gasteiger partial charge in [0.1, 0.15) is 0 Å². The zero-order valence-corrected chi connectivity index (χ0v) is 14.2. The van der Waals surface area contributed by atoms with Crippen molar-refractivity contribution in [2.45, 2.75) is 71.0 Å². The number of piperidine rings is 1. The van der Waals surface area contributed by atoms with E-state index in [1.807, 2.05) is 11.6 Å². The Hall–Kier alpha value is -1.36. The molecule has 1 aromatic heterocycles. The molecule has 0 spiro atoms. The molecule has 22 heavy (non-hydrogen) atoms. The van der Waals surface area contributed by atoms with Crippen molar-refractivity contribution in [3.8, 4) is 0 Å². The molecule has 5 nitrogen and oxygen atoms in total. The summed E-state index contributed by atoms with van der Waals surface area (Å²) < 4.78 is 1.93. The highest BCUT2D eigenvalue weighted by molar-refractivity contribution is 5.95. The van der Waals surface area contributed by atoms with Gasteiger partial charge in [0, 0.05) is 24.3 Å². The number of rotatable bonds is 2. The van der Waals surface area contributed by atoms with Crippen LogP contribution in [0.1, 0.15) is 62.5 Å². The fourth-order valence-electron chi connectivity index (χ4n) is 3.97. The standard InChI is InChI=1S/C17H28N4O/c1-12-13(11-18-21(12)17(2,3)4)16(22)19-14-8-10-20-9-6-5-7-15(14)20/h11,14-15H,5-10H2,1-4H3,(H,19,22)/t14-,15+/m0/s1. The molecule has 1 aromatic rings. The SMILES string of the molecule is Cc1c(C(=O)N[C@H]2CCN3CCCC[C@H]23)cnn1C(C)(C)C. The lowest BCUT2D eigenvalue weighted by atomic mass is 9.99. The zero-order chi connectivity index (χ0) is 15.9. The normalized spacial score (nSPS) is 26.0. The fraction of sp³-hybridized carbons (Fsp3) is 0.765. The van der Waals surface area contributed by atoms with Gasteiger partial charge in [-0.15, -0.1) is 0 Å². The minimum absolute atomic E-state index is 0.0328. The van der Waals surface area contributed by atoms with Crippen LogP contribution in [0, 0.1) is 6.92 Å². The summed E-state index contributed by atoms with van der Waals surface area (Å²) in [5.74, 6) is 0.0328. The molecule has 2 saturated heterocycles. The van der Waals surface area contributed by atoms with E-state index < -0.39 is 0 Å². The highest BCUT2D eigenvalue weighted by atomic mass is 16.1. The minimum Gasteiger partial charge on any atom is -0.348 e. The van der Waals surface area contributed by atoms with E-state index in [9.17, 15) is 4.79 Å². The predicted octanol–water partition coefficient (Wildman–Crippen LogP) is 2.30. The first-order valence-electron chi connectivity index (χ1n) is 8.48. The second kappa shape index (κ2) is 5.69. The van der Waals surface area contributed by atoms with Gasteiger partial charge < -0.3 is 5.32 Å². The molecule has 122 valence electrons. The van der Waals surface area contributed by atoms with Gasteiger partial charge in [0.25, 0.3) is 5.91 Å². The van der Waals surface area contributed by atoms with Crippen molar-refractivity contribution in [2.75, 3.05) is 13.1 Å². The molecule has 2 aliphatic rings. The lowest BCUT2D eigenvalue weighted by molar-refractivity contribution is 0.0914. The van der Waals surface area contributed by atoms with Crippen molar-refractivity contribution >= 4 is 5.91 Å². The zero-order valence-electron chi connectivity index (χ0n) is 14.2. The van der Waals surface area contributed by atoms with Crippen molar-refractivity contribution < 1.29 is 4.79 Å². The Morgan fingerprint density at radius 2 is 2.05 bits per heavy atom. The van der Waals surface area contributed by atoms with Gasteiger partial charge in [-0.1, -0.05) is 6.42 Å². The van der Waals surface area contributed by atoms with E-state index in [0.717, 1.165) is 18.7 Å². The summed E-state index contributed by atoms with van der Waals surface area (Å²) in [4.78, 5) is 15.2. The van der Waals surface area contributed by atoms with E-state index in [0.29, 0.717) is 17.6 Å². The monoisotopic (exact) mass is 304 g/mol. The number of hydrogen-bond donors (Lipinski definition) is 1. The Balaban J connectivity index is 1.71. The van der Waals surface area contributed by atoms with Gasteiger partial charge >= 0.3 is 0 Å². The second-order valence-electron chi connectivity index (χ2n) is 7.69. The van der Waals surface area contributed by atoms with Crippen LogP contribution in [0.25, 0.3) is 0 Å². The quantitative estimate of drug-likeness (QED) is 0.912. The molecule has 1 N–H and O–H groups in total. The highest BCUT2D eigenvalue weighted by Gasteiger charge is 2.36. The maximum atomic E-state index is 12.7. The smallest absolute Gasteiger partial charge is 0.255 e. The Morgan fingerprint density at radius 3 is 2.73 bits per heavy atom. The molecule has 2 atom stereocenters. The molecule has 5 heteroatoms. The predicted molar refractivity (Wildman–Crippen MR) is 87.0 cm³/mol. The average molecular weight is 304 g/mol. The maximum Gasteiger partial charge on any atom is 0.255 e. The van der Waals surface area contributed by atoms with E-state index >= 15 is 0 Å². The Morgan fingerprint density at radius 1 is 1.27 bits per heavy atom. The number of aromatic nitrogens is 2. The molecule has 0 radical (unpaired) electrons. The van der Waals surface area contributed by atoms with Gasteiger partial charge in [-0.3, -0.25) is 14.4 Å². The van der Waals surface area contributed by atoms with Gasteiger partial charge in [-0.25, -0.2) is 0 Å². The van der Waals surface area contributed by atoms with E-state index in [2.05, 4.69) is 36.1 Å². The summed E-state index contributed by atoms with van der Waals surface area (Å²) >= 11 is 0. The van der Waals surface area contributed by atoms with Gasteiger partial charge in [0.15, 0.2) is 0 Å². The molecule has 0 unspecified atom stereocenters. The Kier molecular flexibility index (Phi) is 4.02. The Bertz CT molecular complexity index is 557. The first-order valence-corrected chi connectivity index (χ1v) is 8.48. The van der Waals surface area contributed by atoms with Crippen molar-refractivity contribution in [2.24, 2.45) is 0 Å². The third-order valence-corrected chi connectivity index (χ3v) is 5.06. The number of carbonyl (C=O) groups excluding carboxylic acids is 1. The lowest BCUT2D eigenvalue weighted by Gasteiger charge is -2.32. The molecule has 2 aliphatic heterocycles. The van der Waals surface area contributed by atoms with E-state index in [1.165, 1.54) is 25.8 Å². The van der Waals surface area contributed by atoms with Crippen LogP contribution >= 0.6 is 0 Å². The summed E-state index contributed by atoms with van der Waals surface area (Å²) in [6, 6.07) is 0.834. The molecule has 0 aromatic carbocycles. The van der Waals surface area contributed by atoms with Gasteiger partial charge in [0.05, 0.1) is 17.3 Å². The summed E-state index contributed by atoms with van der Waals surface area (Å²) in [6.45, 7) is 10.6. The number of nitrogens with zero attached hydrogens (tertiary/aromatic N) is 3. The van der Waals surface area contributed by atoms with Crippen LogP contribution in [-0.2, 0) is 5.54 Å². The summed E-state index contributed by atoms with van der Waals surface area (Å²) in [6.07, 6.45) is 6.58. The highest BCUT2D eigenvalue weighted by Crippen LogP contribution is 2.27. The summed E-state index contributed by atoms with van der Waals surface area (Å²) in [5.41, 5.74) is 1.56. The molecule has 0 saturated carbocycles. The van der Waals surface area contributed by atoms with Crippen LogP contribution in [0.4, 0.5) is 0 Å². The van der Waals surface area contributed by atoms with Crippen molar-refractivity contribution in [1.82, 2.24) is 20.0 Å². The summed E-state index contributed by atoms with van der Waals surface area (Å²) in [5, 5.41) is 7.68. The molecular formula is C17H28N4O. The molecule has 0 bridgehead atoms. The lowest BCUT2D eigenvalue weighted by Crippen LogP contribution is -2.46. The second-order valence-corrected chi connectivity index (χ2v) is 7.69. The number of amides is 1. The van der Waals surface area contributed by atoms with E-state index in [1.54, 1.807) is 6.20 Å². The molecule has 3 rings (SSSR count). The topological polar surface area (TPSA) is 50.2 Å². The van der Waals surface area contributed by atoms with Crippen molar-refractivity contribution in [1.29, 1.82) is 0 Å². The van der Waals surface area contributed by atoms with Crippen LogP contribution in [0.15, 0.2) is 6.20 Å². The molecular weight excluding hydrogens is 276 g/mol. The van der Waals surface area contributed by atoms with Crippen molar-refractivity contribution in [3.05, 3.63) is 17.5 Å². The first-order chi connectivity index (χ1) is 10.4. The number of carbonyl (C=O) groups is 1. The molecule has 1 amide bonds. The van der Waals surface area contributed by atoms with Crippen LogP contribution in [0.3, 0.4) is 0 Å². The van der Waals surface area contributed by atoms with Crippen molar-refractivity contribution in [3.63, 3.8) is 0 Å². The van der Waals surface area contributed by atoms with Gasteiger partial charge in [-0.2, -0.15) is 5.10 Å². The van der Waals surface area contributed by atoms with Gasteiger partial charge in [0.2, 0.25) is 0 Å². The third-order valence-electron chi connectivity index (χ3n) is 5.06. The first kappa shape index (κ1) is 15.5. The Labute approximate surface area is 133 Å². The number of hydrogen-bond acceptors (Lipinski definition) is 3. The minimum atomic E-state index is -0.101. The summed E-state index contributed by atoms with van der Waals surface area (Å²) in [7, 11) is 0. The van der Waals surface area contributed by atoms with Crippen LogP contribution in [0.2, 0.25) is 0 Å². The van der Waals surface area contributed by atoms with E-state index in [-0.39, 0.29) is 11.4 Å². The van der Waals surface area contributed by atoms with E-state index in [4.69, 9.17) is 0 Å². The average Bonchev–Trinajstić information content (AvgIpc) is 3.02. The van der Waals surface area contributed by atoms with Crippen LogP contribution in [-0.4, -0.2) is 45.8 Å². The molecule has 2 fully saturated rings. The van der Waals surface area contributed by atoms with Crippen LogP contribution in [0.5, 0.6) is 0 Å². The number of nitrogens with one attached hydrogen (secondary N) is 1. The fourth-order valence-corrected chi connectivity index (χ4v) is 3.97.